The highest BCUT2D eigenvalue weighted by Crippen LogP contribution is 2.13. The van der Waals surface area contributed by atoms with Gasteiger partial charge in [-0.3, -0.25) is 19.6 Å². The zero-order valence-corrected chi connectivity index (χ0v) is 13.4. The molecule has 2 aromatic heterocycles. The van der Waals surface area contributed by atoms with Crippen molar-refractivity contribution >= 4 is 11.8 Å². The summed E-state index contributed by atoms with van der Waals surface area (Å²) in [6.45, 7) is 1.96. The van der Waals surface area contributed by atoms with E-state index in [1.54, 1.807) is 24.5 Å². The highest BCUT2D eigenvalue weighted by Gasteiger charge is 2.19. The van der Waals surface area contributed by atoms with Gasteiger partial charge in [-0.05, 0) is 49.1 Å². The maximum Gasteiger partial charge on any atom is 0.270 e. The SMILES string of the molecule is O=C(NCc1ccncc1)c1cc(C(=O)N2CCCCC2)ccn1. The molecule has 1 aliphatic rings. The molecule has 0 saturated carbocycles. The summed E-state index contributed by atoms with van der Waals surface area (Å²) in [5, 5.41) is 2.81. The Balaban J connectivity index is 1.65. The van der Waals surface area contributed by atoms with E-state index in [1.165, 1.54) is 12.6 Å². The lowest BCUT2D eigenvalue weighted by molar-refractivity contribution is 0.0724. The molecular formula is C18H20N4O2. The van der Waals surface area contributed by atoms with Crippen LogP contribution in [0, 0.1) is 0 Å². The molecule has 1 fully saturated rings. The normalized spacial score (nSPS) is 14.2. The van der Waals surface area contributed by atoms with Crippen LogP contribution in [0.5, 0.6) is 0 Å². The van der Waals surface area contributed by atoms with Crippen LogP contribution in [0.3, 0.4) is 0 Å². The maximum absolute atomic E-state index is 12.5. The standard InChI is InChI=1S/C18H20N4O2/c23-17(21-13-14-4-7-19-8-5-14)16-12-15(6-9-20-16)18(24)22-10-2-1-3-11-22/h4-9,12H,1-3,10-11,13H2,(H,21,23). The minimum Gasteiger partial charge on any atom is -0.347 e. The van der Waals surface area contributed by atoms with Crippen LogP contribution in [-0.2, 0) is 6.54 Å². The molecule has 6 nitrogen and oxygen atoms in total. The van der Waals surface area contributed by atoms with E-state index in [1.807, 2.05) is 17.0 Å². The number of carbonyl (C=O) groups excluding carboxylic acids is 2. The van der Waals surface area contributed by atoms with Gasteiger partial charge in [0.05, 0.1) is 0 Å². The van der Waals surface area contributed by atoms with Gasteiger partial charge >= 0.3 is 0 Å². The molecule has 1 N–H and O–H groups in total. The molecule has 0 bridgehead atoms. The zero-order valence-electron chi connectivity index (χ0n) is 13.4. The summed E-state index contributed by atoms with van der Waals surface area (Å²) in [6, 6.07) is 6.91. The second-order valence-corrected chi connectivity index (χ2v) is 5.82. The van der Waals surface area contributed by atoms with Crippen molar-refractivity contribution in [1.29, 1.82) is 0 Å². The Bertz CT molecular complexity index is 712. The summed E-state index contributed by atoms with van der Waals surface area (Å²) in [6.07, 6.45) is 8.11. The average molecular weight is 324 g/mol. The van der Waals surface area contributed by atoms with Gasteiger partial charge < -0.3 is 10.2 Å². The number of piperidine rings is 1. The molecule has 6 heteroatoms. The molecule has 0 aliphatic carbocycles. The van der Waals surface area contributed by atoms with Gasteiger partial charge in [-0.2, -0.15) is 0 Å². The smallest absolute Gasteiger partial charge is 0.270 e. The molecule has 0 radical (unpaired) electrons. The molecule has 0 atom stereocenters. The predicted molar refractivity (Wildman–Crippen MR) is 89.4 cm³/mol. The first kappa shape index (κ1) is 16.1. The lowest BCUT2D eigenvalue weighted by atomic mass is 10.1. The number of nitrogens with one attached hydrogen (secondary N) is 1. The van der Waals surface area contributed by atoms with Crippen LogP contribution < -0.4 is 5.32 Å². The summed E-state index contributed by atoms with van der Waals surface area (Å²) in [5.74, 6) is -0.319. The quantitative estimate of drug-likeness (QED) is 0.934. The topological polar surface area (TPSA) is 75.2 Å². The largest absolute Gasteiger partial charge is 0.347 e. The Morgan fingerprint density at radius 2 is 1.79 bits per heavy atom. The lowest BCUT2D eigenvalue weighted by Gasteiger charge is -2.26. The second kappa shape index (κ2) is 7.68. The van der Waals surface area contributed by atoms with E-state index < -0.39 is 0 Å². The van der Waals surface area contributed by atoms with Crippen LogP contribution in [0.15, 0.2) is 42.9 Å². The van der Waals surface area contributed by atoms with Crippen LogP contribution >= 0.6 is 0 Å². The van der Waals surface area contributed by atoms with Crippen molar-refractivity contribution in [2.45, 2.75) is 25.8 Å². The Morgan fingerprint density at radius 1 is 1.04 bits per heavy atom. The molecule has 3 heterocycles. The van der Waals surface area contributed by atoms with E-state index >= 15 is 0 Å². The fourth-order valence-electron chi connectivity index (χ4n) is 2.74. The van der Waals surface area contributed by atoms with Gasteiger partial charge in [-0.15, -0.1) is 0 Å². The van der Waals surface area contributed by atoms with E-state index in [-0.39, 0.29) is 17.5 Å². The molecule has 0 spiro atoms. The second-order valence-electron chi connectivity index (χ2n) is 5.82. The zero-order chi connectivity index (χ0) is 16.8. The predicted octanol–water partition coefficient (Wildman–Crippen LogP) is 2.03. The molecule has 0 aromatic carbocycles. The maximum atomic E-state index is 12.5. The monoisotopic (exact) mass is 324 g/mol. The van der Waals surface area contributed by atoms with Crippen LogP contribution in [0.4, 0.5) is 0 Å². The molecule has 2 amide bonds. The summed E-state index contributed by atoms with van der Waals surface area (Å²) in [5.41, 5.74) is 1.73. The van der Waals surface area contributed by atoms with E-state index in [9.17, 15) is 9.59 Å². The molecule has 124 valence electrons. The number of pyridine rings is 2. The van der Waals surface area contributed by atoms with Gasteiger partial charge in [0.1, 0.15) is 5.69 Å². The van der Waals surface area contributed by atoms with Crippen molar-refractivity contribution in [3.8, 4) is 0 Å². The minimum absolute atomic E-state index is 0.0275. The van der Waals surface area contributed by atoms with Gasteiger partial charge in [-0.1, -0.05) is 0 Å². The number of hydrogen-bond donors (Lipinski definition) is 1. The number of aromatic nitrogens is 2. The third-order valence-corrected chi connectivity index (χ3v) is 4.09. The molecular weight excluding hydrogens is 304 g/mol. The Kier molecular flexibility index (Phi) is 5.15. The molecule has 1 saturated heterocycles. The Labute approximate surface area is 140 Å². The van der Waals surface area contributed by atoms with Crippen LogP contribution in [-0.4, -0.2) is 39.8 Å². The number of carbonyl (C=O) groups is 2. The van der Waals surface area contributed by atoms with Crippen molar-refractivity contribution in [3.05, 3.63) is 59.7 Å². The Hall–Kier alpha value is -2.76. The van der Waals surface area contributed by atoms with Gasteiger partial charge in [-0.25, -0.2) is 0 Å². The third kappa shape index (κ3) is 3.95. The first-order valence-corrected chi connectivity index (χ1v) is 8.16. The number of nitrogens with zero attached hydrogens (tertiary/aromatic N) is 3. The minimum atomic E-state index is -0.292. The van der Waals surface area contributed by atoms with Gasteiger partial charge in [0, 0.05) is 43.8 Å². The van der Waals surface area contributed by atoms with Crippen molar-refractivity contribution in [1.82, 2.24) is 20.2 Å². The summed E-state index contributed by atoms with van der Waals surface area (Å²) >= 11 is 0. The summed E-state index contributed by atoms with van der Waals surface area (Å²) in [7, 11) is 0. The van der Waals surface area contributed by atoms with Crippen LogP contribution in [0.25, 0.3) is 0 Å². The summed E-state index contributed by atoms with van der Waals surface area (Å²) in [4.78, 5) is 34.6. The van der Waals surface area contributed by atoms with E-state index in [4.69, 9.17) is 0 Å². The highest BCUT2D eigenvalue weighted by molar-refractivity contribution is 5.98. The van der Waals surface area contributed by atoms with E-state index in [2.05, 4.69) is 15.3 Å². The fourth-order valence-corrected chi connectivity index (χ4v) is 2.74. The van der Waals surface area contributed by atoms with Gasteiger partial charge in [0.2, 0.25) is 0 Å². The average Bonchev–Trinajstić information content (AvgIpc) is 2.67. The molecule has 24 heavy (non-hydrogen) atoms. The lowest BCUT2D eigenvalue weighted by Crippen LogP contribution is -2.35. The molecule has 3 rings (SSSR count). The summed E-state index contributed by atoms with van der Waals surface area (Å²) < 4.78 is 0. The van der Waals surface area contributed by atoms with Crippen molar-refractivity contribution in [2.75, 3.05) is 13.1 Å². The first-order valence-electron chi connectivity index (χ1n) is 8.16. The molecule has 0 unspecified atom stereocenters. The van der Waals surface area contributed by atoms with Crippen molar-refractivity contribution in [2.24, 2.45) is 0 Å². The first-order chi connectivity index (χ1) is 11.7. The molecule has 1 aliphatic heterocycles. The molecule has 2 aromatic rings. The van der Waals surface area contributed by atoms with Gasteiger partial charge in [0.15, 0.2) is 0 Å². The van der Waals surface area contributed by atoms with Crippen molar-refractivity contribution < 1.29 is 9.59 Å². The van der Waals surface area contributed by atoms with E-state index in [0.29, 0.717) is 12.1 Å². The number of rotatable bonds is 4. The number of likely N-dealkylation sites (tertiary alicyclic amines) is 1. The van der Waals surface area contributed by atoms with Crippen LogP contribution in [0.2, 0.25) is 0 Å². The Morgan fingerprint density at radius 3 is 2.54 bits per heavy atom. The van der Waals surface area contributed by atoms with Crippen molar-refractivity contribution in [3.63, 3.8) is 0 Å². The highest BCUT2D eigenvalue weighted by atomic mass is 16.2. The van der Waals surface area contributed by atoms with E-state index in [0.717, 1.165) is 31.5 Å². The fraction of sp³-hybridized carbons (Fsp3) is 0.333. The third-order valence-electron chi connectivity index (χ3n) is 4.09. The van der Waals surface area contributed by atoms with Crippen LogP contribution in [0.1, 0.15) is 45.7 Å². The van der Waals surface area contributed by atoms with Gasteiger partial charge in [0.25, 0.3) is 11.8 Å². The number of hydrogen-bond acceptors (Lipinski definition) is 4. The number of amides is 2.